The van der Waals surface area contributed by atoms with Crippen LogP contribution >= 0.6 is 0 Å². The van der Waals surface area contributed by atoms with E-state index in [-0.39, 0.29) is 31.1 Å². The number of hydrogen-bond donors (Lipinski definition) is 0. The summed E-state index contributed by atoms with van der Waals surface area (Å²) in [6.45, 7) is 13.8. The lowest BCUT2D eigenvalue weighted by Crippen LogP contribution is -2.30. The van der Waals surface area contributed by atoms with Gasteiger partial charge in [0, 0.05) is 19.3 Å². The van der Waals surface area contributed by atoms with Crippen LogP contribution in [-0.2, 0) is 28.6 Å². The maximum atomic E-state index is 12.9. The van der Waals surface area contributed by atoms with Gasteiger partial charge in [-0.2, -0.15) is 0 Å². The first-order chi connectivity index (χ1) is 34.6. The summed E-state index contributed by atoms with van der Waals surface area (Å²) >= 11 is 0. The summed E-state index contributed by atoms with van der Waals surface area (Å²) in [5.41, 5.74) is 0. The summed E-state index contributed by atoms with van der Waals surface area (Å²) in [7, 11) is 0. The predicted molar refractivity (Wildman–Crippen MR) is 307 cm³/mol. The van der Waals surface area contributed by atoms with Crippen molar-refractivity contribution in [3.63, 3.8) is 0 Å². The summed E-state index contributed by atoms with van der Waals surface area (Å²) in [6.07, 6.45) is 61.0. The molecular weight excluding hydrogens is 877 g/mol. The van der Waals surface area contributed by atoms with Crippen LogP contribution in [0.2, 0.25) is 0 Å². The molecule has 0 rings (SSSR count). The monoisotopic (exact) mass is 1000 g/mol. The van der Waals surface area contributed by atoms with Gasteiger partial charge in [-0.15, -0.1) is 0 Å². The van der Waals surface area contributed by atoms with E-state index in [9.17, 15) is 14.4 Å². The summed E-state index contributed by atoms with van der Waals surface area (Å²) in [6, 6.07) is 0. The SMILES string of the molecule is CC(C)CCCCCCCCCCCCCCCCCCCCC(=O)OC[C@H](COC(=O)CCCCCCCCCCCCCCC(C)C)OC(=O)CCCCCCCCCCCCCCCCC(C)C. The van der Waals surface area contributed by atoms with Crippen molar-refractivity contribution >= 4 is 17.9 Å². The molecule has 0 aliphatic rings. The summed E-state index contributed by atoms with van der Waals surface area (Å²) in [5, 5.41) is 0. The number of ether oxygens (including phenoxy) is 3. The molecule has 0 radical (unpaired) electrons. The molecule has 6 nitrogen and oxygen atoms in total. The first-order valence-corrected chi connectivity index (χ1v) is 32.1. The molecule has 0 amide bonds. The van der Waals surface area contributed by atoms with Gasteiger partial charge in [0.15, 0.2) is 6.10 Å². The zero-order valence-corrected chi connectivity index (χ0v) is 49.0. The number of hydrogen-bond acceptors (Lipinski definition) is 6. The molecule has 0 aliphatic heterocycles. The van der Waals surface area contributed by atoms with Gasteiger partial charge in [-0.25, -0.2) is 0 Å². The van der Waals surface area contributed by atoms with Crippen LogP contribution in [0.4, 0.5) is 0 Å². The Morgan fingerprint density at radius 1 is 0.239 bits per heavy atom. The standard InChI is InChI=1S/C65H126O6/c1-59(2)51-45-39-33-27-21-15-11-9-7-8-10-12-17-24-30-36-42-48-54-63(66)69-57-62(58-70-64(67)55-49-43-37-31-25-20-19-23-29-35-41-47-53-61(5)6)71-65(68)56-50-44-38-32-26-18-14-13-16-22-28-34-40-46-52-60(3)4/h59-62H,7-58H2,1-6H3/t62-/m1/s1. The van der Waals surface area contributed by atoms with Crippen molar-refractivity contribution in [1.82, 2.24) is 0 Å². The van der Waals surface area contributed by atoms with Crippen molar-refractivity contribution in [2.24, 2.45) is 17.8 Å². The number of esters is 3. The highest BCUT2D eigenvalue weighted by Gasteiger charge is 2.19. The fraction of sp³-hybridized carbons (Fsp3) is 0.954. The summed E-state index contributed by atoms with van der Waals surface area (Å²) in [5.74, 6) is 1.70. The van der Waals surface area contributed by atoms with Crippen LogP contribution in [-0.4, -0.2) is 37.2 Å². The van der Waals surface area contributed by atoms with Crippen LogP contribution in [0, 0.1) is 17.8 Å². The molecule has 0 saturated carbocycles. The van der Waals surface area contributed by atoms with Gasteiger partial charge >= 0.3 is 17.9 Å². The van der Waals surface area contributed by atoms with Crippen LogP contribution in [0.25, 0.3) is 0 Å². The van der Waals surface area contributed by atoms with Gasteiger partial charge in [-0.1, -0.05) is 324 Å². The minimum atomic E-state index is -0.764. The number of rotatable bonds is 58. The number of carbonyl (C=O) groups excluding carboxylic acids is 3. The van der Waals surface area contributed by atoms with Gasteiger partial charge in [-0.3, -0.25) is 14.4 Å². The van der Waals surface area contributed by atoms with Crippen molar-refractivity contribution in [2.45, 2.75) is 369 Å². The molecule has 0 unspecified atom stereocenters. The maximum Gasteiger partial charge on any atom is 0.306 e. The smallest absolute Gasteiger partial charge is 0.306 e. The molecule has 422 valence electrons. The van der Waals surface area contributed by atoms with Crippen molar-refractivity contribution in [2.75, 3.05) is 13.2 Å². The second kappa shape index (κ2) is 56.1. The predicted octanol–water partition coefficient (Wildman–Crippen LogP) is 21.5. The Balaban J connectivity index is 4.27. The van der Waals surface area contributed by atoms with E-state index in [0.717, 1.165) is 75.5 Å². The second-order valence-electron chi connectivity index (χ2n) is 23.8. The normalized spacial score (nSPS) is 12.1. The topological polar surface area (TPSA) is 78.9 Å². The third-order valence-electron chi connectivity index (χ3n) is 14.9. The van der Waals surface area contributed by atoms with E-state index in [0.29, 0.717) is 19.3 Å². The second-order valence-corrected chi connectivity index (χ2v) is 23.8. The maximum absolute atomic E-state index is 12.9. The Labute approximate surface area is 444 Å². The average Bonchev–Trinajstić information content (AvgIpc) is 3.33. The van der Waals surface area contributed by atoms with E-state index in [1.165, 1.54) is 244 Å². The molecule has 71 heavy (non-hydrogen) atoms. The molecule has 0 N–H and O–H groups in total. The lowest BCUT2D eigenvalue weighted by Gasteiger charge is -2.18. The van der Waals surface area contributed by atoms with E-state index in [1.807, 2.05) is 0 Å². The molecule has 0 saturated heterocycles. The number of unbranched alkanes of at least 4 members (excludes halogenated alkanes) is 41. The van der Waals surface area contributed by atoms with Gasteiger partial charge in [0.25, 0.3) is 0 Å². The summed E-state index contributed by atoms with van der Waals surface area (Å²) in [4.78, 5) is 38.3. The molecule has 0 aromatic carbocycles. The number of carbonyl (C=O) groups is 3. The Hall–Kier alpha value is -1.59. The van der Waals surface area contributed by atoms with Crippen LogP contribution < -0.4 is 0 Å². The van der Waals surface area contributed by atoms with E-state index >= 15 is 0 Å². The fourth-order valence-electron chi connectivity index (χ4n) is 10.1. The molecular formula is C65H126O6. The molecule has 1 atom stereocenters. The van der Waals surface area contributed by atoms with Crippen LogP contribution in [0.1, 0.15) is 363 Å². The highest BCUT2D eigenvalue weighted by Crippen LogP contribution is 2.19. The highest BCUT2D eigenvalue weighted by molar-refractivity contribution is 5.71. The molecule has 0 aliphatic carbocycles. The minimum Gasteiger partial charge on any atom is -0.462 e. The molecule has 6 heteroatoms. The van der Waals surface area contributed by atoms with E-state index < -0.39 is 6.10 Å². The first kappa shape index (κ1) is 69.4. The first-order valence-electron chi connectivity index (χ1n) is 32.1. The Morgan fingerprint density at radius 3 is 0.606 bits per heavy atom. The Bertz CT molecular complexity index is 1100. The molecule has 0 bridgehead atoms. The zero-order valence-electron chi connectivity index (χ0n) is 49.0. The lowest BCUT2D eigenvalue weighted by molar-refractivity contribution is -0.167. The van der Waals surface area contributed by atoms with Gasteiger partial charge < -0.3 is 14.2 Å². The zero-order chi connectivity index (χ0) is 51.9. The Kier molecular flexibility index (Phi) is 54.9. The van der Waals surface area contributed by atoms with Crippen molar-refractivity contribution in [1.29, 1.82) is 0 Å². The minimum absolute atomic E-state index is 0.0625. The van der Waals surface area contributed by atoms with Gasteiger partial charge in [0.2, 0.25) is 0 Å². The fourth-order valence-corrected chi connectivity index (χ4v) is 10.1. The largest absolute Gasteiger partial charge is 0.462 e. The lowest BCUT2D eigenvalue weighted by atomic mass is 10.0. The van der Waals surface area contributed by atoms with Crippen molar-refractivity contribution in [3.8, 4) is 0 Å². The Morgan fingerprint density at radius 2 is 0.408 bits per heavy atom. The van der Waals surface area contributed by atoms with Crippen molar-refractivity contribution in [3.05, 3.63) is 0 Å². The van der Waals surface area contributed by atoms with Gasteiger partial charge in [-0.05, 0) is 37.0 Å². The van der Waals surface area contributed by atoms with Gasteiger partial charge in [0.1, 0.15) is 13.2 Å². The average molecular weight is 1000 g/mol. The molecule has 0 aromatic rings. The summed E-state index contributed by atoms with van der Waals surface area (Å²) < 4.78 is 17.0. The van der Waals surface area contributed by atoms with E-state index in [1.54, 1.807) is 0 Å². The molecule has 0 aromatic heterocycles. The van der Waals surface area contributed by atoms with Gasteiger partial charge in [0.05, 0.1) is 0 Å². The molecule has 0 spiro atoms. The van der Waals surface area contributed by atoms with E-state index in [2.05, 4.69) is 41.5 Å². The third kappa shape index (κ3) is 59.2. The van der Waals surface area contributed by atoms with Crippen molar-refractivity contribution < 1.29 is 28.6 Å². The quantitative estimate of drug-likeness (QED) is 0.0343. The highest BCUT2D eigenvalue weighted by atomic mass is 16.6. The van der Waals surface area contributed by atoms with Crippen LogP contribution in [0.15, 0.2) is 0 Å². The van der Waals surface area contributed by atoms with E-state index in [4.69, 9.17) is 14.2 Å². The van der Waals surface area contributed by atoms with Crippen LogP contribution in [0.5, 0.6) is 0 Å². The molecule has 0 heterocycles. The molecule has 0 fully saturated rings. The third-order valence-corrected chi connectivity index (χ3v) is 14.9. The van der Waals surface area contributed by atoms with Crippen LogP contribution in [0.3, 0.4) is 0 Å².